The first-order chi connectivity index (χ1) is 6.69. The highest BCUT2D eigenvalue weighted by molar-refractivity contribution is 8.00. The molecule has 0 bridgehead atoms. The third-order valence-corrected chi connectivity index (χ3v) is 4.44. The minimum absolute atomic E-state index is 0.0270. The van der Waals surface area contributed by atoms with Gasteiger partial charge >= 0.3 is 5.97 Å². The van der Waals surface area contributed by atoms with E-state index in [2.05, 4.69) is 13.8 Å². The van der Waals surface area contributed by atoms with Gasteiger partial charge in [0.05, 0.1) is 7.11 Å². The van der Waals surface area contributed by atoms with Crippen molar-refractivity contribution in [3.05, 3.63) is 0 Å². The fraction of sp³-hybridized carbons (Fsp3) is 0.909. The maximum absolute atomic E-state index is 11.5. The van der Waals surface area contributed by atoms with Crippen LogP contribution in [0.1, 0.15) is 33.1 Å². The summed E-state index contributed by atoms with van der Waals surface area (Å²) < 4.78 is 4.82. The van der Waals surface area contributed by atoms with E-state index in [1.165, 1.54) is 26.4 Å². The zero-order valence-corrected chi connectivity index (χ0v) is 10.1. The lowest BCUT2D eigenvalue weighted by Gasteiger charge is -2.15. The Morgan fingerprint density at radius 2 is 2.21 bits per heavy atom. The minimum Gasteiger partial charge on any atom is -0.468 e. The van der Waals surface area contributed by atoms with Gasteiger partial charge in [-0.25, -0.2) is 0 Å². The molecule has 0 N–H and O–H groups in total. The van der Waals surface area contributed by atoms with Crippen LogP contribution in [0.2, 0.25) is 0 Å². The largest absolute Gasteiger partial charge is 0.468 e. The number of rotatable bonds is 6. The molecule has 0 spiro atoms. The SMILES string of the molecule is CCC(C)CSC(C(=O)OC)C1CC1. The van der Waals surface area contributed by atoms with Gasteiger partial charge in [-0.15, -0.1) is 11.8 Å². The molecule has 0 aromatic rings. The van der Waals surface area contributed by atoms with Gasteiger partial charge in [0, 0.05) is 0 Å². The Morgan fingerprint density at radius 1 is 1.57 bits per heavy atom. The summed E-state index contributed by atoms with van der Waals surface area (Å²) in [5.74, 6) is 2.34. The zero-order chi connectivity index (χ0) is 10.6. The van der Waals surface area contributed by atoms with Gasteiger partial charge in [-0.2, -0.15) is 0 Å². The zero-order valence-electron chi connectivity index (χ0n) is 9.29. The van der Waals surface area contributed by atoms with Gasteiger partial charge in [0.25, 0.3) is 0 Å². The lowest BCUT2D eigenvalue weighted by Crippen LogP contribution is -2.22. The summed E-state index contributed by atoms with van der Waals surface area (Å²) in [5, 5.41) is 0.106. The molecule has 0 radical (unpaired) electrons. The standard InChI is InChI=1S/C11H20O2S/c1-4-8(2)7-14-10(9-5-6-9)11(12)13-3/h8-10H,4-7H2,1-3H3. The van der Waals surface area contributed by atoms with Crippen molar-refractivity contribution in [3.8, 4) is 0 Å². The van der Waals surface area contributed by atoms with E-state index in [0.29, 0.717) is 11.8 Å². The van der Waals surface area contributed by atoms with Crippen LogP contribution in [0.15, 0.2) is 0 Å². The van der Waals surface area contributed by atoms with E-state index in [1.807, 2.05) is 0 Å². The number of hydrogen-bond acceptors (Lipinski definition) is 3. The van der Waals surface area contributed by atoms with E-state index in [-0.39, 0.29) is 11.2 Å². The number of carbonyl (C=O) groups excluding carboxylic acids is 1. The second-order valence-corrected chi connectivity index (χ2v) is 5.30. The monoisotopic (exact) mass is 216 g/mol. The predicted molar refractivity (Wildman–Crippen MR) is 60.4 cm³/mol. The van der Waals surface area contributed by atoms with Crippen molar-refractivity contribution in [2.75, 3.05) is 12.9 Å². The molecule has 2 nitrogen and oxygen atoms in total. The van der Waals surface area contributed by atoms with E-state index >= 15 is 0 Å². The molecular formula is C11H20O2S. The topological polar surface area (TPSA) is 26.3 Å². The fourth-order valence-corrected chi connectivity index (χ4v) is 2.85. The second kappa shape index (κ2) is 5.64. The fourth-order valence-electron chi connectivity index (χ4n) is 1.30. The van der Waals surface area contributed by atoms with Crippen LogP contribution in [0.4, 0.5) is 0 Å². The molecule has 1 aliphatic rings. The Labute approximate surface area is 90.8 Å². The van der Waals surface area contributed by atoms with Crippen LogP contribution in [-0.4, -0.2) is 24.1 Å². The van der Waals surface area contributed by atoms with E-state index in [4.69, 9.17) is 4.74 Å². The normalized spacial score (nSPS) is 20.2. The van der Waals surface area contributed by atoms with Crippen molar-refractivity contribution in [2.24, 2.45) is 11.8 Å². The van der Waals surface area contributed by atoms with Crippen molar-refractivity contribution in [1.82, 2.24) is 0 Å². The average molecular weight is 216 g/mol. The van der Waals surface area contributed by atoms with Crippen molar-refractivity contribution >= 4 is 17.7 Å². The minimum atomic E-state index is -0.0270. The molecule has 0 saturated heterocycles. The van der Waals surface area contributed by atoms with Gasteiger partial charge in [-0.3, -0.25) is 4.79 Å². The summed E-state index contributed by atoms with van der Waals surface area (Å²) in [6.45, 7) is 4.42. The molecular weight excluding hydrogens is 196 g/mol. The van der Waals surface area contributed by atoms with E-state index in [1.54, 1.807) is 11.8 Å². The molecule has 3 heteroatoms. The van der Waals surface area contributed by atoms with E-state index in [0.717, 1.165) is 5.75 Å². The lowest BCUT2D eigenvalue weighted by atomic mass is 10.2. The first-order valence-corrected chi connectivity index (χ1v) is 6.43. The Balaban J connectivity index is 2.32. The predicted octanol–water partition coefficient (Wildman–Crippen LogP) is 2.72. The van der Waals surface area contributed by atoms with Gasteiger partial charge in [0.2, 0.25) is 0 Å². The smallest absolute Gasteiger partial charge is 0.319 e. The van der Waals surface area contributed by atoms with Gasteiger partial charge in [0.1, 0.15) is 5.25 Å². The first-order valence-electron chi connectivity index (χ1n) is 5.38. The molecule has 82 valence electrons. The number of hydrogen-bond donors (Lipinski definition) is 0. The van der Waals surface area contributed by atoms with Crippen LogP contribution in [-0.2, 0) is 9.53 Å². The Morgan fingerprint density at radius 3 is 2.64 bits per heavy atom. The molecule has 2 atom stereocenters. The summed E-state index contributed by atoms with van der Waals surface area (Å²) in [6, 6.07) is 0. The molecule has 0 aliphatic heterocycles. The highest BCUT2D eigenvalue weighted by Gasteiger charge is 2.37. The molecule has 1 rings (SSSR count). The average Bonchev–Trinajstić information content (AvgIpc) is 3.01. The summed E-state index contributed by atoms with van der Waals surface area (Å²) >= 11 is 1.78. The Bertz CT molecular complexity index is 190. The van der Waals surface area contributed by atoms with Crippen molar-refractivity contribution in [1.29, 1.82) is 0 Å². The molecule has 0 aromatic carbocycles. The summed E-state index contributed by atoms with van der Waals surface area (Å²) in [4.78, 5) is 11.5. The van der Waals surface area contributed by atoms with Gasteiger partial charge < -0.3 is 4.74 Å². The summed E-state index contributed by atoms with van der Waals surface area (Å²) in [7, 11) is 1.49. The number of thioether (sulfide) groups is 1. The van der Waals surface area contributed by atoms with Crippen LogP contribution in [0.25, 0.3) is 0 Å². The van der Waals surface area contributed by atoms with Crippen molar-refractivity contribution in [3.63, 3.8) is 0 Å². The van der Waals surface area contributed by atoms with Crippen LogP contribution < -0.4 is 0 Å². The lowest BCUT2D eigenvalue weighted by molar-refractivity contribution is -0.140. The van der Waals surface area contributed by atoms with E-state index < -0.39 is 0 Å². The summed E-state index contributed by atoms with van der Waals surface area (Å²) in [6.07, 6.45) is 3.59. The van der Waals surface area contributed by atoms with E-state index in [9.17, 15) is 4.79 Å². The molecule has 2 unspecified atom stereocenters. The molecule has 1 aliphatic carbocycles. The molecule has 1 saturated carbocycles. The molecule has 0 aromatic heterocycles. The van der Waals surface area contributed by atoms with Gasteiger partial charge in [-0.05, 0) is 30.4 Å². The van der Waals surface area contributed by atoms with Crippen molar-refractivity contribution in [2.45, 2.75) is 38.4 Å². The van der Waals surface area contributed by atoms with Crippen LogP contribution in [0.3, 0.4) is 0 Å². The maximum Gasteiger partial charge on any atom is 0.319 e. The highest BCUT2D eigenvalue weighted by Crippen LogP contribution is 2.40. The van der Waals surface area contributed by atoms with Crippen LogP contribution in [0, 0.1) is 11.8 Å². The number of esters is 1. The Kier molecular flexibility index (Phi) is 4.79. The number of methoxy groups -OCH3 is 1. The third-order valence-electron chi connectivity index (χ3n) is 2.74. The second-order valence-electron chi connectivity index (χ2n) is 4.13. The molecule has 0 heterocycles. The maximum atomic E-state index is 11.5. The van der Waals surface area contributed by atoms with Gasteiger partial charge in [-0.1, -0.05) is 20.3 Å². The van der Waals surface area contributed by atoms with Crippen LogP contribution >= 0.6 is 11.8 Å². The first kappa shape index (κ1) is 11.9. The van der Waals surface area contributed by atoms with Gasteiger partial charge in [0.15, 0.2) is 0 Å². The van der Waals surface area contributed by atoms with Crippen LogP contribution in [0.5, 0.6) is 0 Å². The highest BCUT2D eigenvalue weighted by atomic mass is 32.2. The summed E-state index contributed by atoms with van der Waals surface area (Å²) in [5.41, 5.74) is 0. The number of ether oxygens (including phenoxy) is 1. The molecule has 1 fully saturated rings. The molecule has 0 amide bonds. The Hall–Kier alpha value is -0.180. The van der Waals surface area contributed by atoms with Crippen molar-refractivity contribution < 1.29 is 9.53 Å². The third kappa shape index (κ3) is 3.52. The number of carbonyl (C=O) groups is 1. The quantitative estimate of drug-likeness (QED) is 0.639. The molecule has 14 heavy (non-hydrogen) atoms.